The van der Waals surface area contributed by atoms with Gasteiger partial charge in [-0.15, -0.1) is 0 Å². The van der Waals surface area contributed by atoms with Gasteiger partial charge in [0.05, 0.1) is 13.2 Å². The lowest BCUT2D eigenvalue weighted by molar-refractivity contribution is 0.122. The summed E-state index contributed by atoms with van der Waals surface area (Å²) in [6, 6.07) is 1.91. The molecular formula is C16H21N5O2. The van der Waals surface area contributed by atoms with E-state index in [0.29, 0.717) is 25.4 Å². The second kappa shape index (κ2) is 6.78. The zero-order chi connectivity index (χ0) is 16.2. The first-order valence-electron chi connectivity index (χ1n) is 7.84. The molecule has 0 radical (unpaired) electrons. The summed E-state index contributed by atoms with van der Waals surface area (Å²) in [5, 5.41) is 0. The maximum Gasteiger partial charge on any atom is 0.274 e. The van der Waals surface area contributed by atoms with Crippen LogP contribution in [0.1, 0.15) is 13.3 Å². The molecule has 0 aliphatic carbocycles. The summed E-state index contributed by atoms with van der Waals surface area (Å²) in [5.74, 6) is 0.240. The van der Waals surface area contributed by atoms with E-state index in [1.54, 1.807) is 17.0 Å². The fourth-order valence-electron chi connectivity index (χ4n) is 2.70. The highest BCUT2D eigenvalue weighted by Gasteiger charge is 2.17. The number of aromatic nitrogens is 3. The molecule has 1 aliphatic rings. The van der Waals surface area contributed by atoms with Crippen molar-refractivity contribution in [3.8, 4) is 11.1 Å². The van der Waals surface area contributed by atoms with Gasteiger partial charge < -0.3 is 19.9 Å². The van der Waals surface area contributed by atoms with Gasteiger partial charge in [0, 0.05) is 49.4 Å². The molecule has 1 saturated heterocycles. The van der Waals surface area contributed by atoms with Crippen molar-refractivity contribution in [1.29, 1.82) is 0 Å². The van der Waals surface area contributed by atoms with Crippen LogP contribution in [0.2, 0.25) is 0 Å². The van der Waals surface area contributed by atoms with E-state index < -0.39 is 0 Å². The van der Waals surface area contributed by atoms with Crippen molar-refractivity contribution < 1.29 is 4.74 Å². The fraction of sp³-hybridized carbons (Fsp3) is 0.438. The first-order valence-corrected chi connectivity index (χ1v) is 7.84. The average molecular weight is 315 g/mol. The van der Waals surface area contributed by atoms with Crippen molar-refractivity contribution in [2.24, 2.45) is 0 Å². The number of anilines is 2. The Morgan fingerprint density at radius 1 is 1.22 bits per heavy atom. The number of morpholine rings is 1. The molecule has 3 heterocycles. The predicted octanol–water partition coefficient (Wildman–Crippen LogP) is 1.13. The number of hydrogen-bond acceptors (Lipinski definition) is 6. The minimum absolute atomic E-state index is 0.0360. The van der Waals surface area contributed by atoms with Crippen LogP contribution >= 0.6 is 0 Å². The standard InChI is InChI=1S/C16H21N5O2/c1-2-3-21-11-12(13-9-18-16(17)19-10-13)8-14(15(21)22)20-4-6-23-7-5-20/h8-11H,2-7H2,1H3,(H2,17,18,19). The SMILES string of the molecule is CCCn1cc(-c2cnc(N)nc2)cc(N2CCOCC2)c1=O. The second-order valence-electron chi connectivity index (χ2n) is 5.54. The lowest BCUT2D eigenvalue weighted by Gasteiger charge is -2.29. The Balaban J connectivity index is 2.07. The van der Waals surface area contributed by atoms with Crippen LogP contribution in [-0.2, 0) is 11.3 Å². The average Bonchev–Trinajstić information content (AvgIpc) is 2.58. The molecular weight excluding hydrogens is 294 g/mol. The molecule has 0 aromatic carbocycles. The van der Waals surface area contributed by atoms with Gasteiger partial charge in [0.25, 0.3) is 5.56 Å². The third-order valence-electron chi connectivity index (χ3n) is 3.89. The van der Waals surface area contributed by atoms with Gasteiger partial charge in [-0.1, -0.05) is 6.92 Å². The minimum atomic E-state index is 0.0360. The van der Waals surface area contributed by atoms with Crippen molar-refractivity contribution in [1.82, 2.24) is 14.5 Å². The fourth-order valence-corrected chi connectivity index (χ4v) is 2.70. The Morgan fingerprint density at radius 2 is 1.91 bits per heavy atom. The molecule has 1 aliphatic heterocycles. The lowest BCUT2D eigenvalue weighted by Crippen LogP contribution is -2.40. The smallest absolute Gasteiger partial charge is 0.274 e. The molecule has 2 aromatic rings. The van der Waals surface area contributed by atoms with Crippen LogP contribution < -0.4 is 16.2 Å². The Hall–Kier alpha value is -2.41. The Labute approximate surface area is 134 Å². The molecule has 3 rings (SSSR count). The summed E-state index contributed by atoms with van der Waals surface area (Å²) in [6.45, 7) is 5.47. The van der Waals surface area contributed by atoms with Crippen LogP contribution in [-0.4, -0.2) is 40.8 Å². The number of nitrogens with zero attached hydrogens (tertiary/aromatic N) is 4. The topological polar surface area (TPSA) is 86.3 Å². The Kier molecular flexibility index (Phi) is 4.57. The van der Waals surface area contributed by atoms with Crippen LogP contribution in [0.3, 0.4) is 0 Å². The van der Waals surface area contributed by atoms with Gasteiger partial charge in [-0.2, -0.15) is 0 Å². The summed E-state index contributed by atoms with van der Waals surface area (Å²) in [5.41, 5.74) is 8.06. The number of pyridine rings is 1. The maximum atomic E-state index is 12.7. The van der Waals surface area contributed by atoms with Crippen molar-refractivity contribution >= 4 is 11.6 Å². The first-order chi connectivity index (χ1) is 11.2. The molecule has 0 saturated carbocycles. The normalized spacial score (nSPS) is 14.9. The van der Waals surface area contributed by atoms with E-state index in [9.17, 15) is 4.79 Å². The predicted molar refractivity (Wildman–Crippen MR) is 89.5 cm³/mol. The van der Waals surface area contributed by atoms with Crippen molar-refractivity contribution in [2.45, 2.75) is 19.9 Å². The Bertz CT molecular complexity index is 720. The highest BCUT2D eigenvalue weighted by Crippen LogP contribution is 2.22. The minimum Gasteiger partial charge on any atom is -0.378 e. The molecule has 7 nitrogen and oxygen atoms in total. The molecule has 0 bridgehead atoms. The zero-order valence-electron chi connectivity index (χ0n) is 13.2. The highest BCUT2D eigenvalue weighted by molar-refractivity contribution is 5.66. The number of rotatable bonds is 4. The van der Waals surface area contributed by atoms with Gasteiger partial charge in [0.2, 0.25) is 5.95 Å². The molecule has 1 fully saturated rings. The number of aryl methyl sites for hydroxylation is 1. The van der Waals surface area contributed by atoms with Gasteiger partial charge in [0.15, 0.2) is 0 Å². The number of hydrogen-bond donors (Lipinski definition) is 1. The largest absolute Gasteiger partial charge is 0.378 e. The molecule has 0 amide bonds. The van der Waals surface area contributed by atoms with Gasteiger partial charge >= 0.3 is 0 Å². The molecule has 23 heavy (non-hydrogen) atoms. The van der Waals surface area contributed by atoms with Gasteiger partial charge in [-0.3, -0.25) is 4.79 Å². The molecule has 122 valence electrons. The molecule has 0 spiro atoms. The van der Waals surface area contributed by atoms with E-state index in [0.717, 1.165) is 30.6 Å². The molecule has 0 unspecified atom stereocenters. The third-order valence-corrected chi connectivity index (χ3v) is 3.89. The van der Waals surface area contributed by atoms with Gasteiger partial charge in [-0.05, 0) is 12.5 Å². The van der Waals surface area contributed by atoms with E-state index in [4.69, 9.17) is 10.5 Å². The first kappa shape index (κ1) is 15.5. The number of ether oxygens (including phenoxy) is 1. The number of nitrogen functional groups attached to an aromatic ring is 1. The van der Waals surface area contributed by atoms with Crippen LogP contribution in [0.5, 0.6) is 0 Å². The second-order valence-corrected chi connectivity index (χ2v) is 5.54. The zero-order valence-corrected chi connectivity index (χ0v) is 13.2. The van der Waals surface area contributed by atoms with Crippen molar-refractivity contribution in [3.05, 3.63) is 35.0 Å². The summed E-state index contributed by atoms with van der Waals surface area (Å²) >= 11 is 0. The summed E-state index contributed by atoms with van der Waals surface area (Å²) in [4.78, 5) is 22.9. The van der Waals surface area contributed by atoms with Gasteiger partial charge in [0.1, 0.15) is 5.69 Å². The molecule has 2 aromatic heterocycles. The molecule has 7 heteroatoms. The van der Waals surface area contributed by atoms with Crippen LogP contribution in [0, 0.1) is 0 Å². The summed E-state index contributed by atoms with van der Waals surface area (Å²) < 4.78 is 7.14. The van der Waals surface area contributed by atoms with E-state index >= 15 is 0 Å². The monoisotopic (exact) mass is 315 g/mol. The third kappa shape index (κ3) is 3.34. The van der Waals surface area contributed by atoms with E-state index in [1.807, 2.05) is 12.3 Å². The maximum absolute atomic E-state index is 12.7. The molecule has 0 atom stereocenters. The van der Waals surface area contributed by atoms with Gasteiger partial charge in [-0.25, -0.2) is 9.97 Å². The van der Waals surface area contributed by atoms with Crippen LogP contribution in [0.25, 0.3) is 11.1 Å². The summed E-state index contributed by atoms with van der Waals surface area (Å²) in [7, 11) is 0. The quantitative estimate of drug-likeness (QED) is 0.910. The Morgan fingerprint density at radius 3 is 2.57 bits per heavy atom. The van der Waals surface area contributed by atoms with Crippen molar-refractivity contribution in [2.75, 3.05) is 36.9 Å². The summed E-state index contributed by atoms with van der Waals surface area (Å²) in [6.07, 6.45) is 6.12. The molecule has 2 N–H and O–H groups in total. The van der Waals surface area contributed by atoms with Crippen LogP contribution in [0.15, 0.2) is 29.5 Å². The van der Waals surface area contributed by atoms with Crippen molar-refractivity contribution in [3.63, 3.8) is 0 Å². The van der Waals surface area contributed by atoms with E-state index in [1.165, 1.54) is 0 Å². The highest BCUT2D eigenvalue weighted by atomic mass is 16.5. The number of nitrogens with two attached hydrogens (primary N) is 1. The van der Waals surface area contributed by atoms with E-state index in [2.05, 4.69) is 21.8 Å². The van der Waals surface area contributed by atoms with Crippen LogP contribution in [0.4, 0.5) is 11.6 Å². The lowest BCUT2D eigenvalue weighted by atomic mass is 10.1. The van der Waals surface area contributed by atoms with E-state index in [-0.39, 0.29) is 11.5 Å².